The highest BCUT2D eigenvalue weighted by atomic mass is 79.9. The highest BCUT2D eigenvalue weighted by molar-refractivity contribution is 9.10. The lowest BCUT2D eigenvalue weighted by atomic mass is 10.2. The number of aromatic nitrogens is 1. The van der Waals surface area contributed by atoms with Crippen LogP contribution in [0.5, 0.6) is 0 Å². The number of rotatable bonds is 5. The van der Waals surface area contributed by atoms with Crippen LogP contribution < -0.4 is 4.90 Å². The van der Waals surface area contributed by atoms with E-state index in [0.717, 1.165) is 42.0 Å². The summed E-state index contributed by atoms with van der Waals surface area (Å²) in [5.41, 5.74) is 1.11. The molecule has 3 nitrogen and oxygen atoms in total. The van der Waals surface area contributed by atoms with E-state index in [1.165, 1.54) is 6.42 Å². The van der Waals surface area contributed by atoms with E-state index < -0.39 is 0 Å². The molecule has 0 radical (unpaired) electrons. The molecule has 1 aromatic heterocycles. The summed E-state index contributed by atoms with van der Waals surface area (Å²) >= 11 is 9.49. The van der Waals surface area contributed by atoms with Crippen molar-refractivity contribution < 1.29 is 0 Å². The van der Waals surface area contributed by atoms with Gasteiger partial charge in [0.1, 0.15) is 5.82 Å². The summed E-state index contributed by atoms with van der Waals surface area (Å²) in [6, 6.07) is 2.71. The number of hydrogen-bond acceptors (Lipinski definition) is 3. The minimum atomic E-state index is 0.508. The molecule has 1 aliphatic rings. The molecule has 2 rings (SSSR count). The van der Waals surface area contributed by atoms with Gasteiger partial charge in [-0.1, -0.05) is 13.8 Å². The van der Waals surface area contributed by atoms with E-state index in [1.807, 2.05) is 6.20 Å². The molecule has 0 spiro atoms. The predicted molar refractivity (Wildman–Crippen MR) is 85.0 cm³/mol. The maximum atomic E-state index is 6.04. The van der Waals surface area contributed by atoms with E-state index in [-0.39, 0.29) is 0 Å². The van der Waals surface area contributed by atoms with E-state index in [1.54, 1.807) is 0 Å². The third kappa shape index (κ3) is 3.41. The first-order valence-electron chi connectivity index (χ1n) is 6.89. The number of alkyl halides is 1. The minimum absolute atomic E-state index is 0.508. The van der Waals surface area contributed by atoms with E-state index in [0.29, 0.717) is 11.9 Å². The summed E-state index contributed by atoms with van der Waals surface area (Å²) < 4.78 is 0.992. The van der Waals surface area contributed by atoms with Gasteiger partial charge in [0.25, 0.3) is 0 Å². The third-order valence-corrected chi connectivity index (χ3v) is 4.57. The maximum Gasteiger partial charge on any atom is 0.133 e. The standard InChI is InChI=1S/C14H21BrClN3/c1-3-18(4-2)13-5-6-19(10-13)14-11(8-16)7-12(15)9-17-14/h7,9,13H,3-6,8,10H2,1-2H3. The van der Waals surface area contributed by atoms with Gasteiger partial charge < -0.3 is 4.90 Å². The van der Waals surface area contributed by atoms with Crippen molar-refractivity contribution in [3.63, 3.8) is 0 Å². The van der Waals surface area contributed by atoms with Crippen LogP contribution in [-0.4, -0.2) is 42.1 Å². The Hall–Kier alpha value is -0.320. The van der Waals surface area contributed by atoms with Crippen LogP contribution in [0.25, 0.3) is 0 Å². The van der Waals surface area contributed by atoms with E-state index in [2.05, 4.69) is 50.6 Å². The van der Waals surface area contributed by atoms with Crippen LogP contribution in [0.15, 0.2) is 16.7 Å². The van der Waals surface area contributed by atoms with Crippen molar-refractivity contribution in [3.05, 3.63) is 22.3 Å². The van der Waals surface area contributed by atoms with Crippen molar-refractivity contribution in [2.45, 2.75) is 32.2 Å². The fourth-order valence-corrected chi connectivity index (χ4v) is 3.40. The third-order valence-electron chi connectivity index (χ3n) is 3.85. The molecular formula is C14H21BrClN3. The van der Waals surface area contributed by atoms with Crippen molar-refractivity contribution in [3.8, 4) is 0 Å². The molecule has 0 saturated carbocycles. The molecule has 1 atom stereocenters. The van der Waals surface area contributed by atoms with Gasteiger partial charge in [-0.2, -0.15) is 0 Å². The smallest absolute Gasteiger partial charge is 0.133 e. The molecule has 0 N–H and O–H groups in total. The van der Waals surface area contributed by atoms with Gasteiger partial charge in [-0.3, -0.25) is 4.90 Å². The second-order valence-electron chi connectivity index (χ2n) is 4.88. The molecule has 5 heteroatoms. The van der Waals surface area contributed by atoms with Gasteiger partial charge in [0.15, 0.2) is 0 Å². The number of halogens is 2. The molecule has 0 aliphatic carbocycles. The normalized spacial score (nSPS) is 19.4. The lowest BCUT2D eigenvalue weighted by Crippen LogP contribution is -2.37. The van der Waals surface area contributed by atoms with Gasteiger partial charge in [-0.05, 0) is 41.5 Å². The van der Waals surface area contributed by atoms with Crippen molar-refractivity contribution in [1.82, 2.24) is 9.88 Å². The number of hydrogen-bond donors (Lipinski definition) is 0. The Morgan fingerprint density at radius 3 is 2.84 bits per heavy atom. The van der Waals surface area contributed by atoms with Crippen LogP contribution in [0.1, 0.15) is 25.8 Å². The highest BCUT2D eigenvalue weighted by Gasteiger charge is 2.28. The lowest BCUT2D eigenvalue weighted by molar-refractivity contribution is 0.232. The highest BCUT2D eigenvalue weighted by Crippen LogP contribution is 2.27. The largest absolute Gasteiger partial charge is 0.355 e. The molecule has 1 unspecified atom stereocenters. The van der Waals surface area contributed by atoms with Gasteiger partial charge >= 0.3 is 0 Å². The van der Waals surface area contributed by atoms with E-state index in [4.69, 9.17) is 11.6 Å². The summed E-state index contributed by atoms with van der Waals surface area (Å²) in [6.45, 7) is 8.82. The first-order chi connectivity index (χ1) is 9.19. The average Bonchev–Trinajstić information content (AvgIpc) is 2.89. The van der Waals surface area contributed by atoms with Crippen molar-refractivity contribution in [2.24, 2.45) is 0 Å². The molecule has 0 aromatic carbocycles. The minimum Gasteiger partial charge on any atom is -0.355 e. The summed E-state index contributed by atoms with van der Waals surface area (Å²) in [6.07, 6.45) is 3.07. The Labute approximate surface area is 129 Å². The average molecular weight is 347 g/mol. The molecule has 1 aliphatic heterocycles. The first-order valence-corrected chi connectivity index (χ1v) is 8.21. The molecule has 19 heavy (non-hydrogen) atoms. The SMILES string of the molecule is CCN(CC)C1CCN(c2ncc(Br)cc2CCl)C1. The van der Waals surface area contributed by atoms with Crippen LogP contribution in [0.4, 0.5) is 5.82 Å². The number of anilines is 1. The maximum absolute atomic E-state index is 6.04. The Balaban J connectivity index is 2.12. The van der Waals surface area contributed by atoms with Gasteiger partial charge in [0.05, 0.1) is 5.88 Å². The molecule has 0 amide bonds. The van der Waals surface area contributed by atoms with Crippen LogP contribution in [0.2, 0.25) is 0 Å². The second-order valence-corrected chi connectivity index (χ2v) is 6.06. The Morgan fingerprint density at radius 1 is 1.47 bits per heavy atom. The fraction of sp³-hybridized carbons (Fsp3) is 0.643. The van der Waals surface area contributed by atoms with E-state index >= 15 is 0 Å². The summed E-state index contributed by atoms with van der Waals surface area (Å²) in [5, 5.41) is 0. The number of pyridine rings is 1. The topological polar surface area (TPSA) is 19.4 Å². The van der Waals surface area contributed by atoms with Crippen molar-refractivity contribution in [2.75, 3.05) is 31.1 Å². The summed E-state index contributed by atoms with van der Waals surface area (Å²) in [4.78, 5) is 9.45. The molecule has 1 saturated heterocycles. The zero-order valence-corrected chi connectivity index (χ0v) is 13.9. The van der Waals surface area contributed by atoms with Crippen molar-refractivity contribution in [1.29, 1.82) is 0 Å². The van der Waals surface area contributed by atoms with Crippen LogP contribution >= 0.6 is 27.5 Å². The molecular weight excluding hydrogens is 326 g/mol. The Morgan fingerprint density at radius 2 is 2.21 bits per heavy atom. The molecule has 1 aromatic rings. The monoisotopic (exact) mass is 345 g/mol. The molecule has 1 fully saturated rings. The van der Waals surface area contributed by atoms with Crippen LogP contribution in [-0.2, 0) is 5.88 Å². The number of likely N-dealkylation sites (N-methyl/N-ethyl adjacent to an activating group) is 1. The zero-order chi connectivity index (χ0) is 13.8. The second kappa shape index (κ2) is 6.91. The zero-order valence-electron chi connectivity index (χ0n) is 11.6. The quantitative estimate of drug-likeness (QED) is 0.761. The van der Waals surface area contributed by atoms with Crippen LogP contribution in [0, 0.1) is 0 Å². The van der Waals surface area contributed by atoms with Gasteiger partial charge in [-0.25, -0.2) is 4.98 Å². The van der Waals surface area contributed by atoms with Gasteiger partial charge in [0.2, 0.25) is 0 Å². The summed E-state index contributed by atoms with van der Waals surface area (Å²) in [5.74, 6) is 1.56. The lowest BCUT2D eigenvalue weighted by Gasteiger charge is -2.26. The molecule has 2 heterocycles. The Kier molecular flexibility index (Phi) is 5.48. The number of nitrogens with zero attached hydrogens (tertiary/aromatic N) is 3. The predicted octanol–water partition coefficient (Wildman–Crippen LogP) is 3.50. The fourth-order valence-electron chi connectivity index (χ4n) is 2.83. The summed E-state index contributed by atoms with van der Waals surface area (Å²) in [7, 11) is 0. The molecule has 106 valence electrons. The van der Waals surface area contributed by atoms with Crippen LogP contribution in [0.3, 0.4) is 0 Å². The first kappa shape index (κ1) is 15.1. The van der Waals surface area contributed by atoms with Crippen molar-refractivity contribution >= 4 is 33.3 Å². The Bertz CT molecular complexity index is 423. The van der Waals surface area contributed by atoms with Gasteiger partial charge in [0, 0.05) is 35.4 Å². The van der Waals surface area contributed by atoms with E-state index in [9.17, 15) is 0 Å². The molecule has 0 bridgehead atoms. The van der Waals surface area contributed by atoms with Gasteiger partial charge in [-0.15, -0.1) is 11.6 Å².